The lowest BCUT2D eigenvalue weighted by Crippen LogP contribution is -2.45. The van der Waals surface area contributed by atoms with Crippen molar-refractivity contribution in [2.45, 2.75) is 18.5 Å². The molecule has 1 amide bonds. The molecule has 1 N–H and O–H groups in total. The lowest BCUT2D eigenvalue weighted by molar-refractivity contribution is -0.178. The molecule has 0 aliphatic carbocycles. The van der Waals surface area contributed by atoms with E-state index in [1.807, 2.05) is 0 Å². The number of nitrogens with one attached hydrogen (secondary N) is 1. The minimum absolute atomic E-state index is 0.650. The fraction of sp³-hybridized carbons (Fsp3) is 0.800. The van der Waals surface area contributed by atoms with E-state index < -0.39 is 31.0 Å². The highest BCUT2D eigenvalue weighted by Crippen LogP contribution is 2.22. The Morgan fingerprint density at radius 1 is 1.14 bits per heavy atom. The fourth-order valence-corrected chi connectivity index (χ4v) is 0.375. The predicted molar refractivity (Wildman–Crippen MR) is 30.0 cm³/mol. The maximum atomic E-state index is 12.0. The molecule has 0 heterocycles. The summed E-state index contributed by atoms with van der Waals surface area (Å²) in [6, 6.07) is 0. The van der Waals surface area contributed by atoms with Gasteiger partial charge in [0.25, 0.3) is 0 Å². The van der Waals surface area contributed by atoms with E-state index in [9.17, 15) is 35.5 Å². The summed E-state index contributed by atoms with van der Waals surface area (Å²) in [5.74, 6) is -7.35. The maximum absolute atomic E-state index is 12.0. The van der Waals surface area contributed by atoms with E-state index in [-0.39, 0.29) is 0 Å². The molecule has 0 unspecified atom stereocenters. The van der Waals surface area contributed by atoms with Gasteiger partial charge in [-0.3, -0.25) is 4.79 Å². The molecule has 84 valence electrons. The van der Waals surface area contributed by atoms with Crippen molar-refractivity contribution >= 4 is 5.91 Å². The Kier molecular flexibility index (Phi) is 3.72. The molecule has 0 aliphatic rings. The molecule has 0 aliphatic heterocycles. The largest absolute Gasteiger partial charge is 0.471 e. The monoisotopic (exact) mass is 227 g/mol. The van der Waals surface area contributed by atoms with Crippen LogP contribution in [0.5, 0.6) is 0 Å². The van der Waals surface area contributed by atoms with Gasteiger partial charge in [0.15, 0.2) is 0 Å². The van der Waals surface area contributed by atoms with Gasteiger partial charge in [0.2, 0.25) is 0 Å². The number of rotatable bonds is 3. The molecule has 0 fully saturated rings. The molecule has 0 saturated heterocycles. The van der Waals surface area contributed by atoms with Crippen LogP contribution in [0.4, 0.5) is 30.7 Å². The first-order valence-electron chi connectivity index (χ1n) is 3.08. The van der Waals surface area contributed by atoms with Gasteiger partial charge in [-0.25, -0.2) is 8.78 Å². The summed E-state index contributed by atoms with van der Waals surface area (Å²) in [7, 11) is 0. The quantitative estimate of drug-likeness (QED) is 0.728. The van der Waals surface area contributed by atoms with Crippen molar-refractivity contribution in [1.29, 1.82) is 0 Å². The fourth-order valence-electron chi connectivity index (χ4n) is 0.375. The minimum Gasteiger partial charge on any atom is -0.342 e. The van der Waals surface area contributed by atoms with E-state index in [0.717, 1.165) is 0 Å². The van der Waals surface area contributed by atoms with Crippen LogP contribution >= 0.6 is 0 Å². The molecular formula is C5H4F7NO. The van der Waals surface area contributed by atoms with Crippen molar-refractivity contribution in [3.63, 3.8) is 0 Å². The van der Waals surface area contributed by atoms with Gasteiger partial charge in [0, 0.05) is 0 Å². The topological polar surface area (TPSA) is 29.1 Å². The second-order valence-electron chi connectivity index (χ2n) is 2.24. The van der Waals surface area contributed by atoms with Crippen LogP contribution in [-0.4, -0.2) is 31.0 Å². The molecule has 0 aromatic rings. The van der Waals surface area contributed by atoms with E-state index in [4.69, 9.17) is 0 Å². The molecule has 0 aromatic heterocycles. The molecule has 9 heteroatoms. The first-order valence-corrected chi connectivity index (χ1v) is 3.08. The molecular weight excluding hydrogens is 223 g/mol. The molecule has 0 aromatic carbocycles. The number of alkyl halides is 7. The van der Waals surface area contributed by atoms with E-state index in [2.05, 4.69) is 0 Å². The van der Waals surface area contributed by atoms with Crippen molar-refractivity contribution in [1.82, 2.24) is 5.32 Å². The average molecular weight is 227 g/mol. The van der Waals surface area contributed by atoms with Gasteiger partial charge in [-0.2, -0.15) is 22.0 Å². The molecule has 0 bridgehead atoms. The Morgan fingerprint density at radius 2 is 1.57 bits per heavy atom. The standard InChI is InChI=1S/C5H4F7NO/c6-2(7)4(8,9)1-13-3(14)5(10,11)12/h2H,1H2,(H,13,14). The van der Waals surface area contributed by atoms with E-state index >= 15 is 0 Å². The smallest absolute Gasteiger partial charge is 0.342 e. The Balaban J connectivity index is 4.14. The average Bonchev–Trinajstić information content (AvgIpc) is 1.98. The molecule has 0 atom stereocenters. The van der Waals surface area contributed by atoms with E-state index in [0.29, 0.717) is 5.32 Å². The number of hydrogen-bond acceptors (Lipinski definition) is 1. The highest BCUT2D eigenvalue weighted by atomic mass is 19.4. The van der Waals surface area contributed by atoms with Crippen LogP contribution in [0.2, 0.25) is 0 Å². The van der Waals surface area contributed by atoms with Gasteiger partial charge in [0.05, 0.1) is 6.54 Å². The molecule has 0 rings (SSSR count). The third kappa shape index (κ3) is 3.79. The first kappa shape index (κ1) is 13.0. The van der Waals surface area contributed by atoms with Gasteiger partial charge >= 0.3 is 24.4 Å². The van der Waals surface area contributed by atoms with Crippen LogP contribution in [0, 0.1) is 0 Å². The summed E-state index contributed by atoms with van der Waals surface area (Å²) in [6.45, 7) is -2.05. The van der Waals surface area contributed by atoms with Gasteiger partial charge in [-0.05, 0) is 0 Å². The number of halogens is 7. The van der Waals surface area contributed by atoms with Crippen molar-refractivity contribution < 1.29 is 35.5 Å². The summed E-state index contributed by atoms with van der Waals surface area (Å²) >= 11 is 0. The number of amides is 1. The van der Waals surface area contributed by atoms with Crippen LogP contribution in [-0.2, 0) is 4.79 Å². The number of carbonyl (C=O) groups excluding carboxylic acids is 1. The van der Waals surface area contributed by atoms with E-state index in [1.54, 1.807) is 0 Å². The Morgan fingerprint density at radius 3 is 1.86 bits per heavy atom. The summed E-state index contributed by atoms with van der Waals surface area (Å²) in [6.07, 6.45) is -9.49. The molecule has 0 radical (unpaired) electrons. The summed E-state index contributed by atoms with van der Waals surface area (Å²) in [4.78, 5) is 9.92. The summed E-state index contributed by atoms with van der Waals surface area (Å²) in [5, 5.41) is 0.650. The van der Waals surface area contributed by atoms with Gasteiger partial charge in [-0.15, -0.1) is 0 Å². The lowest BCUT2D eigenvalue weighted by Gasteiger charge is -2.16. The zero-order valence-electron chi connectivity index (χ0n) is 6.34. The second kappa shape index (κ2) is 4.01. The number of carbonyl (C=O) groups is 1. The van der Waals surface area contributed by atoms with E-state index in [1.165, 1.54) is 0 Å². The van der Waals surface area contributed by atoms with Crippen LogP contribution < -0.4 is 5.32 Å². The van der Waals surface area contributed by atoms with Gasteiger partial charge < -0.3 is 5.32 Å². The van der Waals surface area contributed by atoms with Crippen LogP contribution in [0.15, 0.2) is 0 Å². The molecule has 14 heavy (non-hydrogen) atoms. The summed E-state index contributed by atoms with van der Waals surface area (Å²) in [5.41, 5.74) is 0. The Bertz CT molecular complexity index is 211. The van der Waals surface area contributed by atoms with Crippen molar-refractivity contribution in [2.24, 2.45) is 0 Å². The van der Waals surface area contributed by atoms with Gasteiger partial charge in [-0.1, -0.05) is 0 Å². The Labute approximate surface area is 73.1 Å². The molecule has 0 saturated carbocycles. The van der Waals surface area contributed by atoms with Crippen molar-refractivity contribution in [2.75, 3.05) is 6.54 Å². The Hall–Kier alpha value is -1.02. The normalized spacial score (nSPS) is 13.1. The zero-order valence-corrected chi connectivity index (χ0v) is 6.34. The zero-order chi connectivity index (χ0) is 11.6. The third-order valence-electron chi connectivity index (χ3n) is 1.06. The third-order valence-corrected chi connectivity index (χ3v) is 1.06. The molecule has 0 spiro atoms. The van der Waals surface area contributed by atoms with Gasteiger partial charge in [0.1, 0.15) is 0 Å². The highest BCUT2D eigenvalue weighted by Gasteiger charge is 2.44. The second-order valence-corrected chi connectivity index (χ2v) is 2.24. The first-order chi connectivity index (χ1) is 6.07. The van der Waals surface area contributed by atoms with Crippen LogP contribution in [0.25, 0.3) is 0 Å². The van der Waals surface area contributed by atoms with Crippen molar-refractivity contribution in [3.05, 3.63) is 0 Å². The predicted octanol–water partition coefficient (Wildman–Crippen LogP) is 1.57. The minimum atomic E-state index is -5.36. The van der Waals surface area contributed by atoms with Crippen LogP contribution in [0.3, 0.4) is 0 Å². The molecule has 2 nitrogen and oxygen atoms in total. The van der Waals surface area contributed by atoms with Crippen LogP contribution in [0.1, 0.15) is 0 Å². The SMILES string of the molecule is O=C(NCC(F)(F)C(F)F)C(F)(F)F. The maximum Gasteiger partial charge on any atom is 0.471 e. The lowest BCUT2D eigenvalue weighted by atomic mass is 10.3. The van der Waals surface area contributed by atoms with Crippen molar-refractivity contribution in [3.8, 4) is 0 Å². The number of hydrogen-bond donors (Lipinski definition) is 1. The summed E-state index contributed by atoms with van der Waals surface area (Å²) < 4.78 is 80.8. The highest BCUT2D eigenvalue weighted by molar-refractivity contribution is 5.81.